The van der Waals surface area contributed by atoms with Gasteiger partial charge in [0.15, 0.2) is 0 Å². The van der Waals surface area contributed by atoms with Gasteiger partial charge in [-0.15, -0.1) is 10.1 Å². The van der Waals surface area contributed by atoms with Crippen LogP contribution in [0.3, 0.4) is 0 Å². The molecule has 6 heteroatoms. The molecule has 0 spiro atoms. The fourth-order valence-corrected chi connectivity index (χ4v) is 5.68. The standard InChI is InChI=1S/C30H40N2O4/c1-3-5-13-19-29(25-15-9-7-10-16-25)21-31(22-29)35-27(33)28(34)36-32-23-30(24-32,20-14-6-4-2)26-17-11-8-12-18-26/h7-12,15-18H,3-6,13-14,19-24H2,1-2H3. The highest BCUT2D eigenvalue weighted by Gasteiger charge is 2.48. The molecule has 2 fully saturated rings. The number of benzene rings is 2. The molecule has 36 heavy (non-hydrogen) atoms. The zero-order valence-corrected chi connectivity index (χ0v) is 21.8. The number of carbonyl (C=O) groups is 2. The van der Waals surface area contributed by atoms with Gasteiger partial charge in [-0.25, -0.2) is 9.59 Å². The minimum atomic E-state index is -0.951. The van der Waals surface area contributed by atoms with Crippen LogP contribution in [0.2, 0.25) is 0 Å². The fraction of sp³-hybridized carbons (Fsp3) is 0.533. The van der Waals surface area contributed by atoms with Crippen molar-refractivity contribution in [2.75, 3.05) is 26.2 Å². The van der Waals surface area contributed by atoms with Crippen molar-refractivity contribution in [2.45, 2.75) is 76.0 Å². The predicted molar refractivity (Wildman–Crippen MR) is 140 cm³/mol. The number of carbonyl (C=O) groups excluding carboxylic acids is 2. The van der Waals surface area contributed by atoms with Crippen molar-refractivity contribution in [1.29, 1.82) is 0 Å². The average molecular weight is 493 g/mol. The molecule has 2 aromatic carbocycles. The van der Waals surface area contributed by atoms with Gasteiger partial charge in [0.05, 0.1) is 0 Å². The fourth-order valence-electron chi connectivity index (χ4n) is 5.68. The molecule has 0 N–H and O–H groups in total. The van der Waals surface area contributed by atoms with Crippen LogP contribution in [0.1, 0.15) is 76.3 Å². The van der Waals surface area contributed by atoms with Crippen molar-refractivity contribution in [2.24, 2.45) is 0 Å². The monoisotopic (exact) mass is 492 g/mol. The summed E-state index contributed by atoms with van der Waals surface area (Å²) in [6.07, 6.45) is 9.02. The molecule has 2 heterocycles. The number of nitrogens with zero attached hydrogens (tertiary/aromatic N) is 2. The molecule has 2 aromatic rings. The van der Waals surface area contributed by atoms with E-state index in [9.17, 15) is 9.59 Å². The van der Waals surface area contributed by atoms with Gasteiger partial charge in [-0.05, 0) is 24.0 Å². The second-order valence-electron chi connectivity index (χ2n) is 10.6. The Hall–Kier alpha value is -2.70. The van der Waals surface area contributed by atoms with Crippen LogP contribution in [0.15, 0.2) is 60.7 Å². The van der Waals surface area contributed by atoms with Crippen molar-refractivity contribution < 1.29 is 19.3 Å². The molecule has 0 radical (unpaired) electrons. The van der Waals surface area contributed by atoms with E-state index in [0.717, 1.165) is 38.5 Å². The molecule has 4 rings (SSSR count). The Morgan fingerprint density at radius 1 is 0.639 bits per heavy atom. The Labute approximate surface area is 215 Å². The third-order valence-electron chi connectivity index (χ3n) is 7.80. The van der Waals surface area contributed by atoms with E-state index in [1.807, 2.05) is 36.4 Å². The maximum atomic E-state index is 12.5. The van der Waals surface area contributed by atoms with Crippen molar-refractivity contribution in [3.8, 4) is 0 Å². The van der Waals surface area contributed by atoms with Crippen LogP contribution in [0.5, 0.6) is 0 Å². The minimum absolute atomic E-state index is 0.0359. The molecule has 0 atom stereocenters. The summed E-state index contributed by atoms with van der Waals surface area (Å²) in [6.45, 7) is 6.78. The number of unbranched alkanes of at least 4 members (excludes halogenated alkanes) is 4. The molecular weight excluding hydrogens is 452 g/mol. The van der Waals surface area contributed by atoms with Gasteiger partial charge < -0.3 is 9.68 Å². The maximum Gasteiger partial charge on any atom is 0.438 e. The lowest BCUT2D eigenvalue weighted by Gasteiger charge is -2.49. The smallest absolute Gasteiger partial charge is 0.359 e. The van der Waals surface area contributed by atoms with Gasteiger partial charge in [-0.1, -0.05) is 113 Å². The lowest BCUT2D eigenvalue weighted by Crippen LogP contribution is -2.61. The molecule has 0 unspecified atom stereocenters. The van der Waals surface area contributed by atoms with Gasteiger partial charge in [-0.2, -0.15) is 0 Å². The first-order chi connectivity index (χ1) is 17.5. The largest absolute Gasteiger partial charge is 0.438 e. The summed E-state index contributed by atoms with van der Waals surface area (Å²) in [6, 6.07) is 20.8. The summed E-state index contributed by atoms with van der Waals surface area (Å²) >= 11 is 0. The minimum Gasteiger partial charge on any atom is -0.359 e. The normalized spacial score (nSPS) is 18.6. The summed E-state index contributed by atoms with van der Waals surface area (Å²) in [5.41, 5.74) is 2.45. The second kappa shape index (κ2) is 12.0. The van der Waals surface area contributed by atoms with E-state index in [1.165, 1.54) is 24.0 Å². The van der Waals surface area contributed by atoms with Gasteiger partial charge in [0.2, 0.25) is 0 Å². The van der Waals surface area contributed by atoms with Crippen molar-refractivity contribution >= 4 is 11.9 Å². The molecule has 194 valence electrons. The summed E-state index contributed by atoms with van der Waals surface area (Å²) in [4.78, 5) is 35.8. The van der Waals surface area contributed by atoms with Crippen LogP contribution in [-0.4, -0.2) is 48.2 Å². The summed E-state index contributed by atoms with van der Waals surface area (Å²) in [5, 5.41) is 3.19. The lowest BCUT2D eigenvalue weighted by molar-refractivity contribution is -0.251. The Balaban J connectivity index is 1.28. The molecule has 6 nitrogen and oxygen atoms in total. The van der Waals surface area contributed by atoms with E-state index >= 15 is 0 Å². The van der Waals surface area contributed by atoms with Crippen molar-refractivity contribution in [1.82, 2.24) is 10.1 Å². The van der Waals surface area contributed by atoms with E-state index in [2.05, 4.69) is 38.1 Å². The SMILES string of the molecule is CCCCCC1(c2ccccc2)CN(OC(=O)C(=O)ON2CC(CCCCC)(c3ccccc3)C2)C1. The lowest BCUT2D eigenvalue weighted by atomic mass is 9.71. The molecule has 2 saturated heterocycles. The van der Waals surface area contributed by atoms with Crippen LogP contribution in [-0.2, 0) is 30.1 Å². The molecule has 2 aliphatic rings. The third kappa shape index (κ3) is 5.98. The molecule has 0 bridgehead atoms. The Bertz CT molecular complexity index is 901. The first-order valence-corrected chi connectivity index (χ1v) is 13.6. The molecule has 0 amide bonds. The topological polar surface area (TPSA) is 59.1 Å². The summed E-state index contributed by atoms with van der Waals surface area (Å²) < 4.78 is 0. The van der Waals surface area contributed by atoms with Crippen LogP contribution in [0.25, 0.3) is 0 Å². The molecule has 2 aliphatic heterocycles. The van der Waals surface area contributed by atoms with E-state index in [4.69, 9.17) is 9.68 Å². The summed E-state index contributed by atoms with van der Waals surface area (Å²) in [5.74, 6) is -1.90. The van der Waals surface area contributed by atoms with Gasteiger partial charge >= 0.3 is 11.9 Å². The Morgan fingerprint density at radius 3 is 1.33 bits per heavy atom. The Kier molecular flexibility index (Phi) is 8.81. The maximum absolute atomic E-state index is 12.5. The van der Waals surface area contributed by atoms with Crippen LogP contribution >= 0.6 is 0 Å². The predicted octanol–water partition coefficient (Wildman–Crippen LogP) is 5.57. The molecular formula is C30H40N2O4. The van der Waals surface area contributed by atoms with Crippen LogP contribution in [0, 0.1) is 0 Å². The average Bonchev–Trinajstić information content (AvgIpc) is 2.86. The summed E-state index contributed by atoms with van der Waals surface area (Å²) in [7, 11) is 0. The van der Waals surface area contributed by atoms with Gasteiger partial charge in [-0.3, -0.25) is 0 Å². The number of hydroxylamine groups is 4. The number of rotatable bonds is 12. The second-order valence-corrected chi connectivity index (χ2v) is 10.6. The number of hydrogen-bond acceptors (Lipinski definition) is 6. The highest BCUT2D eigenvalue weighted by atomic mass is 16.8. The van der Waals surface area contributed by atoms with E-state index in [0.29, 0.717) is 26.2 Å². The van der Waals surface area contributed by atoms with Gasteiger partial charge in [0.1, 0.15) is 0 Å². The molecule has 0 aromatic heterocycles. The molecule has 0 aliphatic carbocycles. The van der Waals surface area contributed by atoms with Crippen LogP contribution < -0.4 is 0 Å². The van der Waals surface area contributed by atoms with E-state index in [1.54, 1.807) is 10.1 Å². The van der Waals surface area contributed by atoms with Gasteiger partial charge in [0, 0.05) is 37.0 Å². The van der Waals surface area contributed by atoms with Crippen LogP contribution in [0.4, 0.5) is 0 Å². The van der Waals surface area contributed by atoms with E-state index < -0.39 is 11.9 Å². The Morgan fingerprint density at radius 2 is 1.00 bits per heavy atom. The van der Waals surface area contributed by atoms with Crippen molar-refractivity contribution in [3.63, 3.8) is 0 Å². The first kappa shape index (κ1) is 26.4. The first-order valence-electron chi connectivity index (χ1n) is 13.6. The molecule has 0 saturated carbocycles. The zero-order chi connectivity index (χ0) is 25.4. The third-order valence-corrected chi connectivity index (χ3v) is 7.80. The quantitative estimate of drug-likeness (QED) is 0.285. The van der Waals surface area contributed by atoms with Gasteiger partial charge in [0.25, 0.3) is 0 Å². The zero-order valence-electron chi connectivity index (χ0n) is 21.8. The van der Waals surface area contributed by atoms with E-state index in [-0.39, 0.29) is 10.8 Å². The van der Waals surface area contributed by atoms with Crippen molar-refractivity contribution in [3.05, 3.63) is 71.8 Å². The number of hydrogen-bond donors (Lipinski definition) is 0. The highest BCUT2D eigenvalue weighted by molar-refractivity contribution is 6.29. The highest BCUT2D eigenvalue weighted by Crippen LogP contribution is 2.41.